The average molecular weight is 156 g/mol. The van der Waals surface area contributed by atoms with Crippen LogP contribution in [0.5, 0.6) is 0 Å². The molecule has 1 N–H and O–H groups in total. The van der Waals surface area contributed by atoms with Gasteiger partial charge in [0.2, 0.25) is 0 Å². The van der Waals surface area contributed by atoms with Crippen LogP contribution in [0, 0.1) is 0 Å². The summed E-state index contributed by atoms with van der Waals surface area (Å²) in [5.41, 5.74) is 0. The van der Waals surface area contributed by atoms with Crippen molar-refractivity contribution in [3.05, 3.63) is 0 Å². The standard InChI is InChI=1S/C6H12O3.Na.H/c1-6(2)8-4-5(3-7)9-6;;/h5,7H,3-4H2,1-2H3;;/q;+1;-1/t5-;;/m1../s1. The van der Waals surface area contributed by atoms with Crippen LogP contribution >= 0.6 is 0 Å². The first-order chi connectivity index (χ1) is 4.14. The van der Waals surface area contributed by atoms with Gasteiger partial charge in [-0.2, -0.15) is 0 Å². The summed E-state index contributed by atoms with van der Waals surface area (Å²) in [4.78, 5) is 0. The maximum Gasteiger partial charge on any atom is 1.00 e. The molecule has 0 saturated carbocycles. The van der Waals surface area contributed by atoms with Crippen LogP contribution in [0.1, 0.15) is 15.3 Å². The third kappa shape index (κ3) is 2.86. The van der Waals surface area contributed by atoms with Gasteiger partial charge >= 0.3 is 29.6 Å². The Morgan fingerprint density at radius 1 is 1.70 bits per heavy atom. The minimum Gasteiger partial charge on any atom is -1.00 e. The molecule has 1 rings (SSSR count). The molecule has 0 aromatic rings. The Bertz CT molecular complexity index is 110. The second-order valence-corrected chi connectivity index (χ2v) is 2.63. The molecule has 10 heavy (non-hydrogen) atoms. The predicted molar refractivity (Wildman–Crippen MR) is 33.1 cm³/mol. The van der Waals surface area contributed by atoms with E-state index in [0.29, 0.717) is 6.61 Å². The van der Waals surface area contributed by atoms with Gasteiger partial charge in [-0.15, -0.1) is 0 Å². The van der Waals surface area contributed by atoms with Crippen molar-refractivity contribution in [2.45, 2.75) is 25.7 Å². The van der Waals surface area contributed by atoms with E-state index in [1.54, 1.807) is 0 Å². The summed E-state index contributed by atoms with van der Waals surface area (Å²) in [5.74, 6) is -0.493. The van der Waals surface area contributed by atoms with Crippen molar-refractivity contribution in [1.29, 1.82) is 0 Å². The van der Waals surface area contributed by atoms with Gasteiger partial charge in [0.1, 0.15) is 6.10 Å². The van der Waals surface area contributed by atoms with E-state index in [9.17, 15) is 0 Å². The summed E-state index contributed by atoms with van der Waals surface area (Å²) in [6.45, 7) is 4.22. The van der Waals surface area contributed by atoms with Gasteiger partial charge in [-0.3, -0.25) is 0 Å². The molecule has 0 aliphatic carbocycles. The third-order valence-electron chi connectivity index (χ3n) is 1.27. The molecule has 1 aliphatic heterocycles. The SMILES string of the molecule is CC1(C)OC[C@@H](CO)O1.[H-].[Na+]. The van der Waals surface area contributed by atoms with E-state index in [-0.39, 0.29) is 43.7 Å². The van der Waals surface area contributed by atoms with Crippen molar-refractivity contribution in [2.24, 2.45) is 0 Å². The molecule has 1 fully saturated rings. The molecule has 0 amide bonds. The van der Waals surface area contributed by atoms with Gasteiger partial charge in [-0.25, -0.2) is 0 Å². The van der Waals surface area contributed by atoms with Crippen molar-refractivity contribution in [1.82, 2.24) is 0 Å². The van der Waals surface area contributed by atoms with E-state index in [1.165, 1.54) is 0 Å². The number of ether oxygens (including phenoxy) is 2. The van der Waals surface area contributed by atoms with E-state index < -0.39 is 5.79 Å². The monoisotopic (exact) mass is 156 g/mol. The van der Waals surface area contributed by atoms with E-state index in [1.807, 2.05) is 13.8 Å². The maximum absolute atomic E-state index is 8.59. The molecular weight excluding hydrogens is 143 g/mol. The van der Waals surface area contributed by atoms with E-state index in [4.69, 9.17) is 14.6 Å². The van der Waals surface area contributed by atoms with Crippen LogP contribution in [0.4, 0.5) is 0 Å². The number of hydrogen-bond acceptors (Lipinski definition) is 3. The minimum absolute atomic E-state index is 0. The fraction of sp³-hybridized carbons (Fsp3) is 1.00. The quantitative estimate of drug-likeness (QED) is 0.418. The zero-order valence-corrected chi connectivity index (χ0v) is 8.76. The topological polar surface area (TPSA) is 38.7 Å². The van der Waals surface area contributed by atoms with Crippen LogP contribution in [0.3, 0.4) is 0 Å². The van der Waals surface area contributed by atoms with Crippen LogP contribution < -0.4 is 29.6 Å². The first-order valence-corrected chi connectivity index (χ1v) is 3.07. The molecule has 1 heterocycles. The zero-order valence-electron chi connectivity index (χ0n) is 7.76. The fourth-order valence-corrected chi connectivity index (χ4v) is 0.853. The Morgan fingerprint density at radius 2 is 2.30 bits per heavy atom. The van der Waals surface area contributed by atoms with Crippen LogP contribution in [0.2, 0.25) is 0 Å². The third-order valence-corrected chi connectivity index (χ3v) is 1.27. The summed E-state index contributed by atoms with van der Waals surface area (Å²) in [6, 6.07) is 0. The van der Waals surface area contributed by atoms with Gasteiger partial charge in [0, 0.05) is 0 Å². The number of aliphatic hydroxyl groups excluding tert-OH is 1. The smallest absolute Gasteiger partial charge is 1.00 e. The first kappa shape index (κ1) is 10.9. The molecule has 0 unspecified atom stereocenters. The largest absolute Gasteiger partial charge is 1.00 e. The van der Waals surface area contributed by atoms with Gasteiger partial charge < -0.3 is 16.0 Å². The molecular formula is C6H13NaO3. The Balaban J connectivity index is 0. The van der Waals surface area contributed by atoms with Gasteiger partial charge in [-0.05, 0) is 13.8 Å². The summed E-state index contributed by atoms with van der Waals surface area (Å²) in [7, 11) is 0. The number of aliphatic hydroxyl groups is 1. The molecule has 1 saturated heterocycles. The van der Waals surface area contributed by atoms with Crippen LogP contribution in [-0.2, 0) is 9.47 Å². The minimum atomic E-state index is -0.493. The Hall–Kier alpha value is 0.880. The second kappa shape index (κ2) is 4.04. The van der Waals surface area contributed by atoms with Crippen molar-refractivity contribution >= 4 is 0 Å². The fourth-order valence-electron chi connectivity index (χ4n) is 0.853. The molecule has 0 spiro atoms. The van der Waals surface area contributed by atoms with Crippen molar-refractivity contribution in [3.8, 4) is 0 Å². The normalized spacial score (nSPS) is 29.7. The van der Waals surface area contributed by atoms with Crippen molar-refractivity contribution in [2.75, 3.05) is 13.2 Å². The second-order valence-electron chi connectivity index (χ2n) is 2.63. The van der Waals surface area contributed by atoms with Gasteiger partial charge in [0.25, 0.3) is 0 Å². The van der Waals surface area contributed by atoms with Crippen LogP contribution in [0.15, 0.2) is 0 Å². The number of hydrogen-bond donors (Lipinski definition) is 1. The first-order valence-electron chi connectivity index (χ1n) is 3.07. The summed E-state index contributed by atoms with van der Waals surface area (Å²) in [5, 5.41) is 8.59. The zero-order chi connectivity index (χ0) is 6.91. The molecule has 0 radical (unpaired) electrons. The van der Waals surface area contributed by atoms with Gasteiger partial charge in [0.15, 0.2) is 5.79 Å². The molecule has 56 valence electrons. The van der Waals surface area contributed by atoms with Gasteiger partial charge in [-0.1, -0.05) is 0 Å². The summed E-state index contributed by atoms with van der Waals surface area (Å²) in [6.07, 6.45) is -0.125. The summed E-state index contributed by atoms with van der Waals surface area (Å²) >= 11 is 0. The molecule has 0 aromatic carbocycles. The Kier molecular flexibility index (Phi) is 4.40. The van der Waals surface area contributed by atoms with Gasteiger partial charge in [0.05, 0.1) is 13.2 Å². The number of rotatable bonds is 1. The molecule has 4 heteroatoms. The Morgan fingerprint density at radius 3 is 2.50 bits per heavy atom. The van der Waals surface area contributed by atoms with E-state index in [0.717, 1.165) is 0 Å². The average Bonchev–Trinajstić information content (AvgIpc) is 2.10. The molecule has 1 atom stereocenters. The van der Waals surface area contributed by atoms with Crippen LogP contribution in [-0.4, -0.2) is 30.2 Å². The summed E-state index contributed by atoms with van der Waals surface area (Å²) < 4.78 is 10.4. The van der Waals surface area contributed by atoms with Crippen molar-refractivity contribution in [3.63, 3.8) is 0 Å². The van der Waals surface area contributed by atoms with E-state index >= 15 is 0 Å². The molecule has 3 nitrogen and oxygen atoms in total. The van der Waals surface area contributed by atoms with E-state index in [2.05, 4.69) is 0 Å². The molecule has 1 aliphatic rings. The Labute approximate surface area is 84.5 Å². The maximum atomic E-state index is 8.59. The molecule has 0 aromatic heterocycles. The van der Waals surface area contributed by atoms with Crippen LogP contribution in [0.25, 0.3) is 0 Å². The van der Waals surface area contributed by atoms with Crippen molar-refractivity contribution < 1.29 is 45.6 Å². The predicted octanol–water partition coefficient (Wildman–Crippen LogP) is -2.75. The molecule has 0 bridgehead atoms.